The summed E-state index contributed by atoms with van der Waals surface area (Å²) < 4.78 is 13.0. The maximum Gasteiger partial charge on any atom is 0.321 e. The highest BCUT2D eigenvalue weighted by atomic mass is 19.1. The summed E-state index contributed by atoms with van der Waals surface area (Å²) in [4.78, 5) is 14.0. The van der Waals surface area contributed by atoms with Crippen molar-refractivity contribution in [3.05, 3.63) is 71.5 Å². The fourth-order valence-electron chi connectivity index (χ4n) is 3.61. The molecule has 1 aliphatic heterocycles. The van der Waals surface area contributed by atoms with Gasteiger partial charge in [0.2, 0.25) is 0 Å². The van der Waals surface area contributed by atoms with Crippen molar-refractivity contribution in [2.24, 2.45) is 0 Å². The molecule has 0 aliphatic carbocycles. The zero-order valence-corrected chi connectivity index (χ0v) is 15.5. The van der Waals surface area contributed by atoms with E-state index < -0.39 is 12.0 Å². The number of rotatable bonds is 8. The number of piperidine rings is 1. The normalized spacial score (nSPS) is 16.9. The molecule has 2 aromatic carbocycles. The summed E-state index contributed by atoms with van der Waals surface area (Å²) in [5, 5.41) is 12.9. The molecule has 2 aromatic rings. The number of aliphatic carboxylic acids is 1. The lowest BCUT2D eigenvalue weighted by Gasteiger charge is -2.34. The van der Waals surface area contributed by atoms with Crippen molar-refractivity contribution in [3.63, 3.8) is 0 Å². The molecule has 0 amide bonds. The smallest absolute Gasteiger partial charge is 0.321 e. The Morgan fingerprint density at radius 2 is 1.74 bits per heavy atom. The second-order valence-corrected chi connectivity index (χ2v) is 7.24. The number of hydrogen-bond acceptors (Lipinski definition) is 3. The van der Waals surface area contributed by atoms with Gasteiger partial charge in [-0.1, -0.05) is 42.5 Å². The Hall–Kier alpha value is -2.24. The molecule has 0 aromatic heterocycles. The average Bonchev–Trinajstić information content (AvgIpc) is 2.69. The van der Waals surface area contributed by atoms with Crippen LogP contribution in [0.2, 0.25) is 0 Å². The third-order valence-electron chi connectivity index (χ3n) is 5.24. The van der Waals surface area contributed by atoms with Crippen LogP contribution < -0.4 is 5.32 Å². The predicted molar refractivity (Wildman–Crippen MR) is 104 cm³/mol. The van der Waals surface area contributed by atoms with Crippen LogP contribution in [-0.2, 0) is 17.6 Å². The Morgan fingerprint density at radius 3 is 2.37 bits per heavy atom. The van der Waals surface area contributed by atoms with Crippen molar-refractivity contribution in [2.75, 3.05) is 19.6 Å². The van der Waals surface area contributed by atoms with Gasteiger partial charge in [0.15, 0.2) is 0 Å². The molecule has 27 heavy (non-hydrogen) atoms. The molecule has 144 valence electrons. The van der Waals surface area contributed by atoms with Crippen LogP contribution in [0.3, 0.4) is 0 Å². The lowest BCUT2D eigenvalue weighted by molar-refractivity contribution is -0.139. The van der Waals surface area contributed by atoms with Crippen molar-refractivity contribution >= 4 is 5.97 Å². The molecular weight excluding hydrogens is 343 g/mol. The van der Waals surface area contributed by atoms with Gasteiger partial charge in [0.05, 0.1) is 0 Å². The first kappa shape index (κ1) is 19.5. The second-order valence-electron chi connectivity index (χ2n) is 7.24. The fraction of sp³-hybridized carbons (Fsp3) is 0.409. The van der Waals surface area contributed by atoms with Gasteiger partial charge in [-0.2, -0.15) is 0 Å². The zero-order valence-electron chi connectivity index (χ0n) is 15.5. The molecular formula is C22H27FN2O2. The summed E-state index contributed by atoms with van der Waals surface area (Å²) in [5.74, 6) is -0.994. The highest BCUT2D eigenvalue weighted by Crippen LogP contribution is 2.14. The molecule has 1 aliphatic rings. The summed E-state index contributed by atoms with van der Waals surface area (Å²) in [6.45, 7) is 2.86. The molecule has 0 unspecified atom stereocenters. The van der Waals surface area contributed by atoms with Gasteiger partial charge in [0.1, 0.15) is 11.9 Å². The summed E-state index contributed by atoms with van der Waals surface area (Å²) >= 11 is 0. The summed E-state index contributed by atoms with van der Waals surface area (Å²) in [6, 6.07) is 16.1. The molecule has 1 saturated heterocycles. The van der Waals surface area contributed by atoms with E-state index in [-0.39, 0.29) is 11.9 Å². The molecule has 0 saturated carbocycles. The van der Waals surface area contributed by atoms with Gasteiger partial charge in [-0.05, 0) is 62.0 Å². The van der Waals surface area contributed by atoms with Crippen molar-refractivity contribution in [1.29, 1.82) is 0 Å². The Labute approximate surface area is 160 Å². The first-order valence-corrected chi connectivity index (χ1v) is 9.60. The van der Waals surface area contributed by atoms with E-state index in [2.05, 4.69) is 10.2 Å². The zero-order chi connectivity index (χ0) is 19.1. The molecule has 0 radical (unpaired) electrons. The minimum absolute atomic E-state index is 0.200. The van der Waals surface area contributed by atoms with Crippen LogP contribution in [0.5, 0.6) is 0 Å². The summed E-state index contributed by atoms with van der Waals surface area (Å²) in [7, 11) is 0. The Bertz CT molecular complexity index is 713. The van der Waals surface area contributed by atoms with Crippen LogP contribution >= 0.6 is 0 Å². The third kappa shape index (κ3) is 6.15. The van der Waals surface area contributed by atoms with Crippen molar-refractivity contribution in [3.8, 4) is 0 Å². The number of nitrogens with one attached hydrogen (secondary N) is 1. The van der Waals surface area contributed by atoms with Crippen LogP contribution in [-0.4, -0.2) is 47.7 Å². The molecule has 0 spiro atoms. The molecule has 5 heteroatoms. The highest BCUT2D eigenvalue weighted by molar-refractivity contribution is 5.74. The number of benzene rings is 2. The number of carboxylic acids is 1. The molecule has 3 rings (SSSR count). The largest absolute Gasteiger partial charge is 0.480 e. The minimum atomic E-state index is -0.794. The maximum atomic E-state index is 13.0. The van der Waals surface area contributed by atoms with Crippen LogP contribution in [0.1, 0.15) is 24.0 Å². The standard InChI is InChI=1S/C22H27FN2O2/c23-19-8-6-17(7-9-19)10-13-25-14-11-20(12-15-25)24-21(22(26)27)16-18-4-2-1-3-5-18/h1-9,20-21,24H,10-16H2,(H,26,27)/t21-/m0/s1. The van der Waals surface area contributed by atoms with Crippen molar-refractivity contribution in [2.45, 2.75) is 37.8 Å². The Morgan fingerprint density at radius 1 is 1.07 bits per heavy atom. The fourth-order valence-corrected chi connectivity index (χ4v) is 3.61. The number of likely N-dealkylation sites (tertiary alicyclic amines) is 1. The van der Waals surface area contributed by atoms with E-state index in [1.807, 2.05) is 42.5 Å². The monoisotopic (exact) mass is 370 g/mol. The van der Waals surface area contributed by atoms with E-state index in [9.17, 15) is 14.3 Å². The Balaban J connectivity index is 1.43. The number of carboxylic acid groups (broad SMARTS) is 1. The molecule has 1 atom stereocenters. The lowest BCUT2D eigenvalue weighted by atomic mass is 10.0. The molecule has 0 bridgehead atoms. The minimum Gasteiger partial charge on any atom is -0.480 e. The van der Waals surface area contributed by atoms with Gasteiger partial charge in [-0.15, -0.1) is 0 Å². The van der Waals surface area contributed by atoms with Gasteiger partial charge in [-0.3, -0.25) is 4.79 Å². The van der Waals surface area contributed by atoms with E-state index in [0.29, 0.717) is 6.42 Å². The molecule has 1 heterocycles. The van der Waals surface area contributed by atoms with Crippen molar-refractivity contribution < 1.29 is 14.3 Å². The summed E-state index contributed by atoms with van der Waals surface area (Å²) in [6.07, 6.45) is 3.30. The maximum absolute atomic E-state index is 13.0. The van der Waals surface area contributed by atoms with Gasteiger partial charge in [0.25, 0.3) is 0 Å². The van der Waals surface area contributed by atoms with Crippen LogP contribution in [0.25, 0.3) is 0 Å². The molecule has 1 fully saturated rings. The van der Waals surface area contributed by atoms with Gasteiger partial charge >= 0.3 is 5.97 Å². The Kier molecular flexibility index (Phi) is 6.96. The topological polar surface area (TPSA) is 52.6 Å². The molecule has 4 nitrogen and oxygen atoms in total. The SMILES string of the molecule is O=C(O)[C@H](Cc1ccccc1)NC1CCN(CCc2ccc(F)cc2)CC1. The van der Waals surface area contributed by atoms with Crippen LogP contribution in [0, 0.1) is 5.82 Å². The van der Waals surface area contributed by atoms with Crippen LogP contribution in [0.4, 0.5) is 4.39 Å². The summed E-state index contributed by atoms with van der Waals surface area (Å²) in [5.41, 5.74) is 2.18. The van der Waals surface area contributed by atoms with E-state index in [1.165, 1.54) is 12.1 Å². The first-order valence-electron chi connectivity index (χ1n) is 9.60. The van der Waals surface area contributed by atoms with Crippen LogP contribution in [0.15, 0.2) is 54.6 Å². The van der Waals surface area contributed by atoms with Gasteiger partial charge in [-0.25, -0.2) is 4.39 Å². The predicted octanol–water partition coefficient (Wildman–Crippen LogP) is 3.12. The highest BCUT2D eigenvalue weighted by Gasteiger charge is 2.25. The van der Waals surface area contributed by atoms with Crippen molar-refractivity contribution in [1.82, 2.24) is 10.2 Å². The molecule has 2 N–H and O–H groups in total. The average molecular weight is 370 g/mol. The van der Waals surface area contributed by atoms with E-state index >= 15 is 0 Å². The second kappa shape index (κ2) is 9.62. The van der Waals surface area contributed by atoms with Gasteiger partial charge < -0.3 is 15.3 Å². The van der Waals surface area contributed by atoms with E-state index in [0.717, 1.165) is 50.0 Å². The third-order valence-corrected chi connectivity index (χ3v) is 5.24. The number of nitrogens with zero attached hydrogens (tertiary/aromatic N) is 1. The van der Waals surface area contributed by atoms with E-state index in [4.69, 9.17) is 0 Å². The first-order chi connectivity index (χ1) is 13.1. The van der Waals surface area contributed by atoms with E-state index in [1.54, 1.807) is 0 Å². The number of hydrogen-bond donors (Lipinski definition) is 2. The van der Waals surface area contributed by atoms with Gasteiger partial charge in [0, 0.05) is 12.6 Å². The number of halogens is 1. The quantitative estimate of drug-likeness (QED) is 0.750. The lowest BCUT2D eigenvalue weighted by Crippen LogP contribution is -2.49. The number of carbonyl (C=O) groups is 1.